The molecule has 2 rings (SSSR count). The molecule has 1 N–H and O–H groups in total. The Morgan fingerprint density at radius 1 is 1.24 bits per heavy atom. The van der Waals surface area contributed by atoms with Crippen LogP contribution >= 0.6 is 15.9 Å². The average molecular weight is 294 g/mol. The molecule has 0 atom stereocenters. The fraction of sp³-hybridized carbons (Fsp3) is 0.167. The molecule has 0 aliphatic carbocycles. The van der Waals surface area contributed by atoms with Crippen molar-refractivity contribution in [2.75, 3.05) is 12.4 Å². The van der Waals surface area contributed by atoms with Gasteiger partial charge in [0.2, 0.25) is 5.88 Å². The largest absolute Gasteiger partial charge is 0.472 e. The third-order valence-corrected chi connectivity index (χ3v) is 2.93. The molecule has 1 aromatic heterocycles. The van der Waals surface area contributed by atoms with Crippen LogP contribution in [0, 0.1) is 0 Å². The van der Waals surface area contributed by atoms with E-state index in [9.17, 15) is 0 Å². The van der Waals surface area contributed by atoms with Gasteiger partial charge in [-0.15, -0.1) is 0 Å². The van der Waals surface area contributed by atoms with E-state index in [1.54, 1.807) is 7.05 Å². The van der Waals surface area contributed by atoms with E-state index in [0.29, 0.717) is 18.3 Å². The van der Waals surface area contributed by atoms with Gasteiger partial charge in [0, 0.05) is 7.05 Å². The smallest absolute Gasteiger partial charge is 0.233 e. The Hall–Kier alpha value is -1.62. The molecular formula is C12H12BrN3O. The van der Waals surface area contributed by atoms with E-state index in [2.05, 4.69) is 31.2 Å². The second-order valence-corrected chi connectivity index (χ2v) is 4.16. The number of anilines is 1. The Morgan fingerprint density at radius 2 is 2.00 bits per heavy atom. The second-order valence-electron chi connectivity index (χ2n) is 3.37. The number of nitrogens with zero attached hydrogens (tertiary/aromatic N) is 2. The van der Waals surface area contributed by atoms with Crippen LogP contribution in [0.4, 0.5) is 5.82 Å². The summed E-state index contributed by atoms with van der Waals surface area (Å²) in [5.74, 6) is 1.25. The summed E-state index contributed by atoms with van der Waals surface area (Å²) in [7, 11) is 1.80. The van der Waals surface area contributed by atoms with E-state index in [-0.39, 0.29) is 0 Å². The Balaban J connectivity index is 2.09. The molecule has 0 saturated heterocycles. The molecule has 88 valence electrons. The molecule has 2 aromatic rings. The third-order valence-electron chi connectivity index (χ3n) is 2.21. The van der Waals surface area contributed by atoms with Crippen molar-refractivity contribution < 1.29 is 4.74 Å². The zero-order chi connectivity index (χ0) is 12.1. The summed E-state index contributed by atoms with van der Waals surface area (Å²) in [6.07, 6.45) is 1.47. The minimum absolute atomic E-state index is 0.486. The first-order valence-electron chi connectivity index (χ1n) is 5.16. The van der Waals surface area contributed by atoms with Crippen molar-refractivity contribution in [3.63, 3.8) is 0 Å². The van der Waals surface area contributed by atoms with E-state index in [1.165, 1.54) is 6.33 Å². The Kier molecular flexibility index (Phi) is 3.93. The monoisotopic (exact) mass is 293 g/mol. The predicted octanol–water partition coefficient (Wildman–Crippen LogP) is 2.86. The van der Waals surface area contributed by atoms with Crippen molar-refractivity contribution in [1.82, 2.24) is 9.97 Å². The van der Waals surface area contributed by atoms with Gasteiger partial charge in [-0.3, -0.25) is 0 Å². The highest BCUT2D eigenvalue weighted by molar-refractivity contribution is 9.10. The van der Waals surface area contributed by atoms with Crippen LogP contribution in [0.1, 0.15) is 5.56 Å². The maximum atomic E-state index is 5.63. The number of benzene rings is 1. The van der Waals surface area contributed by atoms with Gasteiger partial charge < -0.3 is 10.1 Å². The quantitative estimate of drug-likeness (QED) is 0.942. The van der Waals surface area contributed by atoms with Crippen molar-refractivity contribution in [2.24, 2.45) is 0 Å². The maximum Gasteiger partial charge on any atom is 0.233 e. The zero-order valence-electron chi connectivity index (χ0n) is 9.35. The lowest BCUT2D eigenvalue weighted by Crippen LogP contribution is -2.01. The first-order chi connectivity index (χ1) is 8.31. The van der Waals surface area contributed by atoms with Crippen molar-refractivity contribution in [1.29, 1.82) is 0 Å². The van der Waals surface area contributed by atoms with Crippen LogP contribution in [-0.4, -0.2) is 17.0 Å². The lowest BCUT2D eigenvalue weighted by atomic mass is 10.2. The highest BCUT2D eigenvalue weighted by Crippen LogP contribution is 2.28. The summed E-state index contributed by atoms with van der Waals surface area (Å²) in [5.41, 5.74) is 1.10. The molecule has 0 bridgehead atoms. The van der Waals surface area contributed by atoms with Crippen molar-refractivity contribution >= 4 is 21.7 Å². The number of nitrogens with one attached hydrogen (secondary N) is 1. The molecule has 5 heteroatoms. The SMILES string of the molecule is CNc1ncnc(OCc2ccccc2)c1Br. The number of halogens is 1. The third kappa shape index (κ3) is 2.94. The number of rotatable bonds is 4. The molecule has 1 heterocycles. The Bertz CT molecular complexity index is 490. The normalized spacial score (nSPS) is 10.0. The van der Waals surface area contributed by atoms with Crippen molar-refractivity contribution in [2.45, 2.75) is 6.61 Å². The van der Waals surface area contributed by atoms with Gasteiger partial charge in [-0.2, -0.15) is 0 Å². The number of hydrogen-bond donors (Lipinski definition) is 1. The maximum absolute atomic E-state index is 5.63. The van der Waals surface area contributed by atoms with Gasteiger partial charge >= 0.3 is 0 Å². The van der Waals surface area contributed by atoms with Gasteiger partial charge in [-0.05, 0) is 21.5 Å². The molecule has 0 radical (unpaired) electrons. The molecule has 0 fully saturated rings. The van der Waals surface area contributed by atoms with Gasteiger partial charge in [-0.25, -0.2) is 9.97 Å². The van der Waals surface area contributed by atoms with Gasteiger partial charge in [0.25, 0.3) is 0 Å². The van der Waals surface area contributed by atoms with Crippen LogP contribution in [0.3, 0.4) is 0 Å². The highest BCUT2D eigenvalue weighted by atomic mass is 79.9. The van der Waals surface area contributed by atoms with Gasteiger partial charge in [0.05, 0.1) is 0 Å². The van der Waals surface area contributed by atoms with Crippen LogP contribution in [-0.2, 0) is 6.61 Å². The minimum Gasteiger partial charge on any atom is -0.472 e. The van der Waals surface area contributed by atoms with Gasteiger partial charge in [-0.1, -0.05) is 30.3 Å². The van der Waals surface area contributed by atoms with E-state index in [1.807, 2.05) is 30.3 Å². The summed E-state index contributed by atoms with van der Waals surface area (Å²) in [6.45, 7) is 0.486. The summed E-state index contributed by atoms with van der Waals surface area (Å²) in [4.78, 5) is 8.15. The van der Waals surface area contributed by atoms with Crippen LogP contribution in [0.15, 0.2) is 41.1 Å². The summed E-state index contributed by atoms with van der Waals surface area (Å²) in [6, 6.07) is 9.95. The molecule has 1 aromatic carbocycles. The number of hydrogen-bond acceptors (Lipinski definition) is 4. The zero-order valence-corrected chi connectivity index (χ0v) is 10.9. The van der Waals surface area contributed by atoms with Crippen molar-refractivity contribution in [3.05, 3.63) is 46.7 Å². The number of ether oxygens (including phenoxy) is 1. The van der Waals surface area contributed by atoms with Gasteiger partial charge in [0.1, 0.15) is 23.2 Å². The molecule has 4 nitrogen and oxygen atoms in total. The lowest BCUT2D eigenvalue weighted by molar-refractivity contribution is 0.291. The van der Waals surface area contributed by atoms with Crippen LogP contribution < -0.4 is 10.1 Å². The number of aromatic nitrogens is 2. The second kappa shape index (κ2) is 5.63. The molecular weight excluding hydrogens is 282 g/mol. The van der Waals surface area contributed by atoms with Gasteiger partial charge in [0.15, 0.2) is 0 Å². The Labute approximate surface area is 108 Å². The molecule has 0 saturated carbocycles. The van der Waals surface area contributed by atoms with Crippen molar-refractivity contribution in [3.8, 4) is 5.88 Å². The summed E-state index contributed by atoms with van der Waals surface area (Å²) >= 11 is 3.40. The fourth-order valence-corrected chi connectivity index (χ4v) is 1.87. The fourth-order valence-electron chi connectivity index (χ4n) is 1.35. The Morgan fingerprint density at radius 3 is 2.71 bits per heavy atom. The standard InChI is InChI=1S/C12H12BrN3O/c1-14-11-10(13)12(16-8-15-11)17-7-9-5-3-2-4-6-9/h2-6,8H,7H2,1H3,(H,14,15,16). The van der Waals surface area contributed by atoms with E-state index >= 15 is 0 Å². The molecule has 0 spiro atoms. The molecule has 0 aliphatic heterocycles. The first kappa shape index (κ1) is 11.9. The molecule has 0 amide bonds. The first-order valence-corrected chi connectivity index (χ1v) is 5.95. The summed E-state index contributed by atoms with van der Waals surface area (Å²) in [5, 5.41) is 2.96. The summed E-state index contributed by atoms with van der Waals surface area (Å²) < 4.78 is 6.36. The molecule has 0 unspecified atom stereocenters. The topological polar surface area (TPSA) is 47.0 Å². The predicted molar refractivity (Wildman–Crippen MR) is 70.1 cm³/mol. The molecule has 0 aliphatic rings. The highest BCUT2D eigenvalue weighted by Gasteiger charge is 2.08. The van der Waals surface area contributed by atoms with Crippen LogP contribution in [0.5, 0.6) is 5.88 Å². The van der Waals surface area contributed by atoms with E-state index < -0.39 is 0 Å². The van der Waals surface area contributed by atoms with Crippen LogP contribution in [0.2, 0.25) is 0 Å². The van der Waals surface area contributed by atoms with E-state index in [4.69, 9.17) is 4.74 Å². The minimum atomic E-state index is 0.486. The molecule has 17 heavy (non-hydrogen) atoms. The average Bonchev–Trinajstić information content (AvgIpc) is 2.39. The lowest BCUT2D eigenvalue weighted by Gasteiger charge is -2.09. The van der Waals surface area contributed by atoms with Crippen LogP contribution in [0.25, 0.3) is 0 Å². The van der Waals surface area contributed by atoms with E-state index in [0.717, 1.165) is 10.0 Å².